The normalized spacial score (nSPS) is 17.2. The lowest BCUT2D eigenvalue weighted by atomic mass is 10.1. The van der Waals surface area contributed by atoms with E-state index in [1.807, 2.05) is 30.3 Å². The topological polar surface area (TPSA) is 50.8 Å². The Balaban J connectivity index is 1.51. The van der Waals surface area contributed by atoms with E-state index in [1.165, 1.54) is 18.2 Å². The van der Waals surface area contributed by atoms with E-state index < -0.39 is 6.36 Å². The van der Waals surface area contributed by atoms with Crippen LogP contribution < -0.4 is 10.1 Å². The highest BCUT2D eigenvalue weighted by molar-refractivity contribution is 5.89. The molecule has 1 aliphatic rings. The Morgan fingerprint density at radius 2 is 1.93 bits per heavy atom. The molecule has 0 bridgehead atoms. The molecule has 150 valence electrons. The summed E-state index contributed by atoms with van der Waals surface area (Å²) < 4.78 is 46.7. The van der Waals surface area contributed by atoms with Gasteiger partial charge < -0.3 is 19.7 Å². The Kier molecular flexibility index (Phi) is 6.41. The lowest BCUT2D eigenvalue weighted by Crippen LogP contribution is -2.45. The van der Waals surface area contributed by atoms with E-state index in [9.17, 15) is 18.0 Å². The van der Waals surface area contributed by atoms with E-state index in [0.717, 1.165) is 18.5 Å². The molecule has 1 aliphatic heterocycles. The highest BCUT2D eigenvalue weighted by Crippen LogP contribution is 2.24. The monoisotopic (exact) mass is 394 g/mol. The summed E-state index contributed by atoms with van der Waals surface area (Å²) >= 11 is 0. The first kappa shape index (κ1) is 20.0. The molecular formula is C20H21F3N2O3. The Bertz CT molecular complexity index is 784. The van der Waals surface area contributed by atoms with Crippen LogP contribution in [0.1, 0.15) is 18.4 Å². The molecule has 1 N–H and O–H groups in total. The Labute approximate surface area is 161 Å². The molecule has 5 nitrogen and oxygen atoms in total. The van der Waals surface area contributed by atoms with Gasteiger partial charge in [0, 0.05) is 18.8 Å². The zero-order valence-corrected chi connectivity index (χ0v) is 15.1. The lowest BCUT2D eigenvalue weighted by molar-refractivity contribution is -0.274. The first-order chi connectivity index (χ1) is 13.4. The number of carbonyl (C=O) groups excluding carboxylic acids is 1. The van der Waals surface area contributed by atoms with E-state index in [-0.39, 0.29) is 24.5 Å². The number of piperidine rings is 1. The summed E-state index contributed by atoms with van der Waals surface area (Å²) in [6.07, 6.45) is -3.32. The second kappa shape index (κ2) is 8.97. The van der Waals surface area contributed by atoms with Crippen LogP contribution in [0, 0.1) is 0 Å². The van der Waals surface area contributed by atoms with Crippen LogP contribution in [0.3, 0.4) is 0 Å². The zero-order valence-electron chi connectivity index (χ0n) is 15.1. The van der Waals surface area contributed by atoms with Gasteiger partial charge in [-0.15, -0.1) is 13.2 Å². The van der Waals surface area contributed by atoms with E-state index in [2.05, 4.69) is 10.1 Å². The second-order valence-corrected chi connectivity index (χ2v) is 6.51. The van der Waals surface area contributed by atoms with Gasteiger partial charge in [-0.2, -0.15) is 0 Å². The SMILES string of the molecule is O=C(Nc1ccccc1)N1CCCC(OCc2cccc(OC(F)(F)F)c2)C1. The van der Waals surface area contributed by atoms with Crippen LogP contribution in [0.15, 0.2) is 54.6 Å². The molecule has 0 saturated carbocycles. The molecule has 8 heteroatoms. The first-order valence-corrected chi connectivity index (χ1v) is 8.96. The Morgan fingerprint density at radius 1 is 1.14 bits per heavy atom. The number of alkyl halides is 3. The molecule has 1 heterocycles. The van der Waals surface area contributed by atoms with Crippen LogP contribution in [0.2, 0.25) is 0 Å². The molecular weight excluding hydrogens is 373 g/mol. The summed E-state index contributed by atoms with van der Waals surface area (Å²) in [6.45, 7) is 1.21. The third-order valence-corrected chi connectivity index (χ3v) is 4.31. The number of amides is 2. The number of nitrogens with zero attached hydrogens (tertiary/aromatic N) is 1. The summed E-state index contributed by atoms with van der Waals surface area (Å²) in [5, 5.41) is 2.84. The number of hydrogen-bond donors (Lipinski definition) is 1. The standard InChI is InChI=1S/C20H21F3N2O3/c21-20(22,23)28-17-9-4-6-15(12-17)14-27-18-10-5-11-25(13-18)19(26)24-16-7-2-1-3-8-16/h1-4,6-9,12,18H,5,10-11,13-14H2,(H,24,26). The molecule has 1 atom stereocenters. The number of benzene rings is 2. The van der Waals surface area contributed by atoms with Crippen molar-refractivity contribution in [3.63, 3.8) is 0 Å². The largest absolute Gasteiger partial charge is 0.573 e. The van der Waals surface area contributed by atoms with E-state index >= 15 is 0 Å². The summed E-state index contributed by atoms with van der Waals surface area (Å²) in [5.74, 6) is -0.277. The minimum Gasteiger partial charge on any atom is -0.406 e. The molecule has 1 saturated heterocycles. The van der Waals surface area contributed by atoms with E-state index in [0.29, 0.717) is 18.7 Å². The number of nitrogens with one attached hydrogen (secondary N) is 1. The summed E-state index contributed by atoms with van der Waals surface area (Å²) in [6, 6.07) is 14.7. The van der Waals surface area contributed by atoms with Gasteiger partial charge in [0.2, 0.25) is 0 Å². The van der Waals surface area contributed by atoms with Crippen molar-refractivity contribution in [3.05, 3.63) is 60.2 Å². The number of carbonyl (C=O) groups is 1. The van der Waals surface area contributed by atoms with Gasteiger partial charge in [-0.3, -0.25) is 0 Å². The van der Waals surface area contributed by atoms with Gasteiger partial charge in [0.05, 0.1) is 12.7 Å². The molecule has 1 fully saturated rings. The van der Waals surface area contributed by atoms with Crippen molar-refractivity contribution in [3.8, 4) is 5.75 Å². The number of ether oxygens (including phenoxy) is 2. The van der Waals surface area contributed by atoms with Crippen molar-refractivity contribution in [2.75, 3.05) is 18.4 Å². The van der Waals surface area contributed by atoms with Crippen LogP contribution in [0.4, 0.5) is 23.7 Å². The maximum Gasteiger partial charge on any atom is 0.573 e. The third-order valence-electron chi connectivity index (χ3n) is 4.31. The number of anilines is 1. The molecule has 0 aromatic heterocycles. The van der Waals surface area contributed by atoms with E-state index in [4.69, 9.17) is 4.74 Å². The minimum absolute atomic E-state index is 0.147. The average Bonchev–Trinajstić information content (AvgIpc) is 2.66. The van der Waals surface area contributed by atoms with Crippen LogP contribution in [-0.2, 0) is 11.3 Å². The summed E-state index contributed by atoms with van der Waals surface area (Å²) in [7, 11) is 0. The van der Waals surface area contributed by atoms with Gasteiger partial charge in [0.25, 0.3) is 0 Å². The smallest absolute Gasteiger partial charge is 0.406 e. The van der Waals surface area contributed by atoms with Gasteiger partial charge in [-0.25, -0.2) is 4.79 Å². The van der Waals surface area contributed by atoms with E-state index in [1.54, 1.807) is 11.0 Å². The highest BCUT2D eigenvalue weighted by atomic mass is 19.4. The molecule has 2 aromatic carbocycles. The first-order valence-electron chi connectivity index (χ1n) is 8.96. The molecule has 0 spiro atoms. The molecule has 1 unspecified atom stereocenters. The van der Waals surface area contributed by atoms with Gasteiger partial charge in [0.15, 0.2) is 0 Å². The predicted molar refractivity (Wildman–Crippen MR) is 98.0 cm³/mol. The summed E-state index contributed by atoms with van der Waals surface area (Å²) in [4.78, 5) is 14.1. The van der Waals surface area contributed by atoms with Gasteiger partial charge in [-0.05, 0) is 42.7 Å². The second-order valence-electron chi connectivity index (χ2n) is 6.51. The van der Waals surface area contributed by atoms with Crippen LogP contribution in [0.25, 0.3) is 0 Å². The maximum absolute atomic E-state index is 12.4. The fraction of sp³-hybridized carbons (Fsp3) is 0.350. The molecule has 2 amide bonds. The van der Waals surface area contributed by atoms with Gasteiger partial charge in [-0.1, -0.05) is 30.3 Å². The van der Waals surface area contributed by atoms with Crippen molar-refractivity contribution < 1.29 is 27.4 Å². The fourth-order valence-corrected chi connectivity index (χ4v) is 3.03. The molecule has 0 aliphatic carbocycles. The Hall–Kier alpha value is -2.74. The molecule has 0 radical (unpaired) electrons. The molecule has 2 aromatic rings. The number of rotatable bonds is 5. The van der Waals surface area contributed by atoms with Crippen molar-refractivity contribution in [1.82, 2.24) is 4.90 Å². The van der Waals surface area contributed by atoms with Crippen molar-refractivity contribution in [2.24, 2.45) is 0 Å². The third kappa shape index (κ3) is 6.16. The van der Waals surface area contributed by atoms with Crippen molar-refractivity contribution >= 4 is 11.7 Å². The quantitative estimate of drug-likeness (QED) is 0.793. The number of urea groups is 1. The fourth-order valence-electron chi connectivity index (χ4n) is 3.03. The number of hydrogen-bond acceptors (Lipinski definition) is 3. The van der Waals surface area contributed by atoms with Gasteiger partial charge >= 0.3 is 12.4 Å². The number of halogens is 3. The molecule has 3 rings (SSSR count). The lowest BCUT2D eigenvalue weighted by Gasteiger charge is -2.32. The maximum atomic E-state index is 12.4. The van der Waals surface area contributed by atoms with Crippen LogP contribution >= 0.6 is 0 Å². The van der Waals surface area contributed by atoms with Crippen LogP contribution in [0.5, 0.6) is 5.75 Å². The van der Waals surface area contributed by atoms with Gasteiger partial charge in [0.1, 0.15) is 5.75 Å². The van der Waals surface area contributed by atoms with Crippen molar-refractivity contribution in [1.29, 1.82) is 0 Å². The number of para-hydroxylation sites is 1. The minimum atomic E-state index is -4.73. The number of likely N-dealkylation sites (tertiary alicyclic amines) is 1. The average molecular weight is 394 g/mol. The van der Waals surface area contributed by atoms with Crippen LogP contribution in [-0.4, -0.2) is 36.5 Å². The van der Waals surface area contributed by atoms with Crippen molar-refractivity contribution in [2.45, 2.75) is 31.9 Å². The molecule has 28 heavy (non-hydrogen) atoms. The highest BCUT2D eigenvalue weighted by Gasteiger charge is 2.31. The Morgan fingerprint density at radius 3 is 2.68 bits per heavy atom. The predicted octanol–water partition coefficient (Wildman–Crippen LogP) is 4.80. The summed E-state index contributed by atoms with van der Waals surface area (Å²) in [5.41, 5.74) is 1.30. The zero-order chi connectivity index (χ0) is 20.0.